The number of nitrogens with one attached hydrogen (secondary N) is 2. The largest absolute Gasteiger partial charge is 0.365 e. The van der Waals surface area contributed by atoms with Crippen molar-refractivity contribution < 1.29 is 0 Å². The van der Waals surface area contributed by atoms with Gasteiger partial charge in [0, 0.05) is 35.7 Å². The second-order valence-electron chi connectivity index (χ2n) is 6.66. The van der Waals surface area contributed by atoms with Crippen LogP contribution in [0.1, 0.15) is 44.1 Å². The summed E-state index contributed by atoms with van der Waals surface area (Å²) in [5, 5.41) is 3.20. The second kappa shape index (κ2) is 7.03. The zero-order valence-electron chi connectivity index (χ0n) is 15.4. The van der Waals surface area contributed by atoms with Crippen molar-refractivity contribution in [1.29, 1.82) is 0 Å². The summed E-state index contributed by atoms with van der Waals surface area (Å²) >= 11 is 0. The van der Waals surface area contributed by atoms with Crippen molar-refractivity contribution in [3.63, 3.8) is 0 Å². The lowest BCUT2D eigenvalue weighted by Crippen LogP contribution is -2.36. The molecule has 2 N–H and O–H groups in total. The maximum absolute atomic E-state index is 12.2. The molecule has 0 saturated carbocycles. The molecule has 0 bridgehead atoms. The number of hydrogen-bond acceptors (Lipinski definition) is 4. The molecule has 1 atom stereocenters. The summed E-state index contributed by atoms with van der Waals surface area (Å²) in [6.07, 6.45) is 3.58. The summed E-state index contributed by atoms with van der Waals surface area (Å²) < 4.78 is 3.19. The fourth-order valence-electron chi connectivity index (χ4n) is 2.96. The van der Waals surface area contributed by atoms with E-state index in [1.165, 1.54) is 10.6 Å². The Morgan fingerprint density at radius 1 is 1.15 bits per heavy atom. The van der Waals surface area contributed by atoms with Crippen LogP contribution in [0.3, 0.4) is 0 Å². The van der Waals surface area contributed by atoms with Gasteiger partial charge in [0.25, 0.3) is 5.56 Å². The number of aryl methyl sites for hydroxylation is 1. The van der Waals surface area contributed by atoms with E-state index in [0.29, 0.717) is 5.82 Å². The normalized spacial score (nSPS) is 12.3. The van der Waals surface area contributed by atoms with Gasteiger partial charge >= 0.3 is 5.69 Å². The van der Waals surface area contributed by atoms with Crippen molar-refractivity contribution in [1.82, 2.24) is 19.1 Å². The molecule has 26 heavy (non-hydrogen) atoms. The number of anilines is 1. The van der Waals surface area contributed by atoms with E-state index in [0.717, 1.165) is 16.9 Å². The molecule has 0 aliphatic carbocycles. The Morgan fingerprint density at radius 2 is 1.92 bits per heavy atom. The van der Waals surface area contributed by atoms with Gasteiger partial charge in [-0.05, 0) is 45.4 Å². The molecule has 3 rings (SSSR count). The Morgan fingerprint density at radius 3 is 2.54 bits per heavy atom. The van der Waals surface area contributed by atoms with Crippen LogP contribution in [0.5, 0.6) is 0 Å². The summed E-state index contributed by atoms with van der Waals surface area (Å²) in [6, 6.07) is 9.18. The standard InChI is InChI=1S/C19H23N5O2/c1-12(2)24-18(25)9-17(22-19(24)26)21-14(4)15-6-5-7-16(8-15)23-11-20-10-13(23)3/h5-12,14,21H,1-4H3,(H,22,26)/t14-/m0/s1. The summed E-state index contributed by atoms with van der Waals surface area (Å²) in [7, 11) is 0. The van der Waals surface area contributed by atoms with Gasteiger partial charge in [-0.15, -0.1) is 0 Å². The second-order valence-corrected chi connectivity index (χ2v) is 6.66. The Labute approximate surface area is 151 Å². The van der Waals surface area contributed by atoms with E-state index in [9.17, 15) is 9.59 Å². The number of H-pyrrole nitrogens is 1. The molecule has 0 saturated heterocycles. The maximum Gasteiger partial charge on any atom is 0.330 e. The van der Waals surface area contributed by atoms with Gasteiger partial charge in [0.1, 0.15) is 5.82 Å². The van der Waals surface area contributed by atoms with E-state index in [-0.39, 0.29) is 17.6 Å². The van der Waals surface area contributed by atoms with Crippen molar-refractivity contribution in [2.75, 3.05) is 5.32 Å². The zero-order valence-corrected chi connectivity index (χ0v) is 15.4. The van der Waals surface area contributed by atoms with Crippen LogP contribution in [0.15, 0.2) is 52.4 Å². The fourth-order valence-corrected chi connectivity index (χ4v) is 2.96. The summed E-state index contributed by atoms with van der Waals surface area (Å²) in [6.45, 7) is 7.58. The molecule has 3 aromatic rings. The quantitative estimate of drug-likeness (QED) is 0.739. The number of imidazole rings is 1. The lowest BCUT2D eigenvalue weighted by atomic mass is 10.1. The van der Waals surface area contributed by atoms with Gasteiger partial charge in [0.2, 0.25) is 0 Å². The van der Waals surface area contributed by atoms with Crippen molar-refractivity contribution >= 4 is 5.82 Å². The molecule has 0 amide bonds. The molecule has 2 aromatic heterocycles. The van der Waals surface area contributed by atoms with E-state index < -0.39 is 5.69 Å². The number of aromatic amines is 1. The molecular weight excluding hydrogens is 330 g/mol. The average molecular weight is 353 g/mol. The van der Waals surface area contributed by atoms with E-state index in [1.807, 2.05) is 42.8 Å². The lowest BCUT2D eigenvalue weighted by Gasteiger charge is -2.17. The lowest BCUT2D eigenvalue weighted by molar-refractivity contribution is 0.546. The van der Waals surface area contributed by atoms with Crippen molar-refractivity contribution in [2.45, 2.75) is 39.8 Å². The van der Waals surface area contributed by atoms with Crippen LogP contribution in [0.2, 0.25) is 0 Å². The van der Waals surface area contributed by atoms with Gasteiger partial charge in [0.15, 0.2) is 0 Å². The van der Waals surface area contributed by atoms with Crippen LogP contribution in [0.25, 0.3) is 5.69 Å². The number of aromatic nitrogens is 4. The summed E-state index contributed by atoms with van der Waals surface area (Å²) in [5.41, 5.74) is 2.36. The molecule has 0 unspecified atom stereocenters. The topological polar surface area (TPSA) is 84.7 Å². The Kier molecular flexibility index (Phi) is 4.79. The molecule has 0 radical (unpaired) electrons. The maximum atomic E-state index is 12.2. The highest BCUT2D eigenvalue weighted by molar-refractivity contribution is 5.42. The van der Waals surface area contributed by atoms with Crippen LogP contribution in [0.4, 0.5) is 5.82 Å². The minimum Gasteiger partial charge on any atom is -0.365 e. The third-order valence-corrected chi connectivity index (χ3v) is 4.33. The number of nitrogens with zero attached hydrogens (tertiary/aromatic N) is 3. The highest BCUT2D eigenvalue weighted by Gasteiger charge is 2.11. The van der Waals surface area contributed by atoms with Gasteiger partial charge < -0.3 is 9.88 Å². The van der Waals surface area contributed by atoms with Crippen LogP contribution in [0, 0.1) is 6.92 Å². The van der Waals surface area contributed by atoms with Gasteiger partial charge in [-0.3, -0.25) is 14.3 Å². The van der Waals surface area contributed by atoms with Gasteiger partial charge in [-0.1, -0.05) is 12.1 Å². The monoisotopic (exact) mass is 353 g/mol. The molecule has 7 nitrogen and oxygen atoms in total. The highest BCUT2D eigenvalue weighted by Crippen LogP contribution is 2.20. The van der Waals surface area contributed by atoms with E-state index in [4.69, 9.17) is 0 Å². The average Bonchev–Trinajstić information content (AvgIpc) is 3.00. The minimum absolute atomic E-state index is 0.0938. The third-order valence-electron chi connectivity index (χ3n) is 4.33. The zero-order chi connectivity index (χ0) is 18.8. The van der Waals surface area contributed by atoms with Crippen molar-refractivity contribution in [2.24, 2.45) is 0 Å². The van der Waals surface area contributed by atoms with Crippen molar-refractivity contribution in [3.8, 4) is 5.69 Å². The number of rotatable bonds is 5. The van der Waals surface area contributed by atoms with E-state index in [2.05, 4.69) is 21.4 Å². The van der Waals surface area contributed by atoms with Crippen LogP contribution >= 0.6 is 0 Å². The molecule has 0 aliphatic rings. The Hall–Kier alpha value is -3.09. The summed E-state index contributed by atoms with van der Waals surface area (Å²) in [4.78, 5) is 31.2. The number of benzene rings is 1. The predicted molar refractivity (Wildman–Crippen MR) is 102 cm³/mol. The smallest absolute Gasteiger partial charge is 0.330 e. The van der Waals surface area contributed by atoms with Gasteiger partial charge in [0.05, 0.1) is 6.33 Å². The fraction of sp³-hybridized carbons (Fsp3) is 0.316. The first-order valence-corrected chi connectivity index (χ1v) is 8.58. The molecule has 0 fully saturated rings. The summed E-state index contributed by atoms with van der Waals surface area (Å²) in [5.74, 6) is 0.411. The minimum atomic E-state index is -0.412. The Bertz CT molecular complexity index is 997. The first-order chi connectivity index (χ1) is 12.4. The van der Waals surface area contributed by atoms with Gasteiger partial charge in [-0.2, -0.15) is 0 Å². The van der Waals surface area contributed by atoms with Crippen molar-refractivity contribution in [3.05, 3.63) is 75.0 Å². The molecule has 1 aromatic carbocycles. The Balaban J connectivity index is 1.87. The molecular formula is C19H23N5O2. The number of hydrogen-bond donors (Lipinski definition) is 2. The van der Waals surface area contributed by atoms with Crippen LogP contribution in [-0.2, 0) is 0 Å². The molecule has 136 valence electrons. The first kappa shape index (κ1) is 17.7. The SMILES string of the molecule is Cc1cncn1-c1cccc([C@H](C)Nc2cc(=O)n(C(C)C)c(=O)[nH]2)c1. The van der Waals surface area contributed by atoms with E-state index in [1.54, 1.807) is 20.2 Å². The molecule has 2 heterocycles. The van der Waals surface area contributed by atoms with Crippen LogP contribution < -0.4 is 16.6 Å². The first-order valence-electron chi connectivity index (χ1n) is 8.58. The molecule has 0 aliphatic heterocycles. The van der Waals surface area contributed by atoms with Crippen LogP contribution in [-0.4, -0.2) is 19.1 Å². The predicted octanol–water partition coefficient (Wildman–Crippen LogP) is 2.78. The highest BCUT2D eigenvalue weighted by atomic mass is 16.2. The van der Waals surface area contributed by atoms with E-state index >= 15 is 0 Å². The third kappa shape index (κ3) is 3.46. The molecule has 0 spiro atoms. The van der Waals surface area contributed by atoms with Gasteiger partial charge in [-0.25, -0.2) is 9.78 Å². The molecule has 7 heteroatoms.